The molecule has 2 amide bonds. The van der Waals surface area contributed by atoms with Gasteiger partial charge >= 0.3 is 0 Å². The fraction of sp³-hybridized carbons (Fsp3) is 0.300. The summed E-state index contributed by atoms with van der Waals surface area (Å²) in [6.07, 6.45) is 2.89. The molecule has 0 saturated carbocycles. The van der Waals surface area contributed by atoms with E-state index in [1.165, 1.54) is 18.2 Å². The van der Waals surface area contributed by atoms with Gasteiger partial charge in [0, 0.05) is 36.4 Å². The molecule has 9 heteroatoms. The number of carbonyl (C=O) groups excluding carboxylic acids is 2. The number of nitrogens with zero attached hydrogens (tertiary/aromatic N) is 1. The second-order valence-corrected chi connectivity index (χ2v) is 8.45. The van der Waals surface area contributed by atoms with Crippen LogP contribution in [-0.4, -0.2) is 35.4 Å². The minimum absolute atomic E-state index is 0.0752. The van der Waals surface area contributed by atoms with Crippen molar-refractivity contribution in [3.63, 3.8) is 0 Å². The molecule has 152 valence electrons. The number of amides is 2. The summed E-state index contributed by atoms with van der Waals surface area (Å²) in [6, 6.07) is 7.85. The Morgan fingerprint density at radius 3 is 2.79 bits per heavy atom. The van der Waals surface area contributed by atoms with E-state index >= 15 is 0 Å². The highest BCUT2D eigenvalue weighted by Gasteiger charge is 2.41. The number of likely N-dealkylation sites (tertiary alicyclic amines) is 1. The Hall–Kier alpha value is -2.42. The van der Waals surface area contributed by atoms with Crippen molar-refractivity contribution in [1.29, 1.82) is 0 Å². The topological polar surface area (TPSA) is 70.7 Å². The van der Waals surface area contributed by atoms with Crippen LogP contribution >= 0.6 is 22.9 Å². The van der Waals surface area contributed by atoms with Crippen LogP contribution in [0.1, 0.15) is 28.1 Å². The second-order valence-electron chi connectivity index (χ2n) is 7.01. The van der Waals surface area contributed by atoms with Gasteiger partial charge in [0.2, 0.25) is 0 Å². The van der Waals surface area contributed by atoms with Crippen molar-refractivity contribution in [3.05, 3.63) is 68.8 Å². The van der Waals surface area contributed by atoms with Crippen LogP contribution in [0.25, 0.3) is 0 Å². The summed E-state index contributed by atoms with van der Waals surface area (Å²) in [5.41, 5.74) is 2.84. The molecule has 1 aromatic carbocycles. The third-order valence-corrected chi connectivity index (χ3v) is 6.25. The summed E-state index contributed by atoms with van der Waals surface area (Å²) in [5.74, 6) is -0.985. The van der Waals surface area contributed by atoms with Crippen molar-refractivity contribution in [3.8, 4) is 0 Å². The Bertz CT molecular complexity index is 956. The molecular formula is C20H19ClFN3O3S. The number of piperidine rings is 1. The summed E-state index contributed by atoms with van der Waals surface area (Å²) >= 11 is 7.36. The first-order valence-corrected chi connectivity index (χ1v) is 10.4. The van der Waals surface area contributed by atoms with Gasteiger partial charge in [-0.15, -0.1) is 11.3 Å². The first-order chi connectivity index (χ1) is 14.0. The van der Waals surface area contributed by atoms with Gasteiger partial charge in [0.1, 0.15) is 17.1 Å². The van der Waals surface area contributed by atoms with Gasteiger partial charge in [-0.25, -0.2) is 4.39 Å². The zero-order chi connectivity index (χ0) is 20.4. The smallest absolute Gasteiger partial charge is 0.269 e. The number of hydroxylamine groups is 1. The molecule has 1 aromatic heterocycles. The second kappa shape index (κ2) is 8.14. The predicted molar refractivity (Wildman–Crippen MR) is 108 cm³/mol. The van der Waals surface area contributed by atoms with Gasteiger partial charge < -0.3 is 10.2 Å². The number of benzene rings is 1. The van der Waals surface area contributed by atoms with E-state index in [0.717, 1.165) is 4.88 Å². The maximum absolute atomic E-state index is 13.3. The van der Waals surface area contributed by atoms with Gasteiger partial charge in [-0.05, 0) is 35.7 Å². The summed E-state index contributed by atoms with van der Waals surface area (Å²) < 4.78 is 13.3. The normalized spacial score (nSPS) is 17.7. The lowest BCUT2D eigenvalue weighted by Crippen LogP contribution is -2.46. The minimum Gasteiger partial charge on any atom is -0.346 e. The Morgan fingerprint density at radius 2 is 2.10 bits per heavy atom. The molecule has 0 atom stereocenters. The SMILES string of the molecule is O=C(NCc1cccs1)C1=CC2(CCN(C(=O)c3ccc(F)c(Cl)c3)CC2)ON1. The minimum atomic E-state index is -0.618. The number of carbonyl (C=O) groups is 2. The molecule has 2 aliphatic heterocycles. The third kappa shape index (κ3) is 4.29. The van der Waals surface area contributed by atoms with Crippen LogP contribution in [0.2, 0.25) is 5.02 Å². The van der Waals surface area contributed by atoms with Crippen LogP contribution in [0.4, 0.5) is 4.39 Å². The van der Waals surface area contributed by atoms with E-state index in [1.54, 1.807) is 22.3 Å². The zero-order valence-corrected chi connectivity index (χ0v) is 17.0. The molecule has 3 heterocycles. The standard InChI is InChI=1S/C20H19ClFN3O3S/c21-15-10-13(3-4-16(15)22)19(27)25-7-5-20(6-8-25)11-17(24-28-20)18(26)23-12-14-2-1-9-29-14/h1-4,9-11,24H,5-8,12H2,(H,23,26). The summed E-state index contributed by atoms with van der Waals surface area (Å²) in [4.78, 5) is 33.5. The van der Waals surface area contributed by atoms with Crippen molar-refractivity contribution in [1.82, 2.24) is 15.7 Å². The quantitative estimate of drug-likeness (QED) is 0.773. The molecule has 4 rings (SSSR count). The van der Waals surface area contributed by atoms with Crippen molar-refractivity contribution < 1.29 is 18.8 Å². The van der Waals surface area contributed by atoms with Crippen LogP contribution in [0.3, 0.4) is 0 Å². The first-order valence-electron chi connectivity index (χ1n) is 9.18. The van der Waals surface area contributed by atoms with E-state index in [1.807, 2.05) is 17.5 Å². The molecule has 2 aliphatic rings. The Morgan fingerprint density at radius 1 is 1.31 bits per heavy atom. The molecule has 6 nitrogen and oxygen atoms in total. The fourth-order valence-electron chi connectivity index (χ4n) is 3.41. The van der Waals surface area contributed by atoms with E-state index < -0.39 is 11.4 Å². The molecular weight excluding hydrogens is 417 g/mol. The molecule has 2 N–H and O–H groups in total. The zero-order valence-electron chi connectivity index (χ0n) is 15.4. The average Bonchev–Trinajstić information content (AvgIpc) is 3.39. The van der Waals surface area contributed by atoms with Crippen molar-refractivity contribution in [2.45, 2.75) is 25.0 Å². The number of thiophene rings is 1. The van der Waals surface area contributed by atoms with E-state index in [0.29, 0.717) is 43.7 Å². The number of nitrogens with one attached hydrogen (secondary N) is 2. The number of rotatable bonds is 4. The van der Waals surface area contributed by atoms with E-state index in [2.05, 4.69) is 10.8 Å². The number of hydrogen-bond acceptors (Lipinski definition) is 5. The number of halogens is 2. The van der Waals surface area contributed by atoms with Crippen LogP contribution in [-0.2, 0) is 16.2 Å². The molecule has 0 unspecified atom stereocenters. The summed E-state index contributed by atoms with van der Waals surface area (Å²) in [7, 11) is 0. The highest BCUT2D eigenvalue weighted by atomic mass is 35.5. The van der Waals surface area contributed by atoms with Crippen LogP contribution in [0.15, 0.2) is 47.5 Å². The van der Waals surface area contributed by atoms with Gasteiger partial charge in [0.15, 0.2) is 0 Å². The maximum Gasteiger partial charge on any atom is 0.269 e. The fourth-order valence-corrected chi connectivity index (χ4v) is 4.24. The summed E-state index contributed by atoms with van der Waals surface area (Å²) in [5, 5.41) is 4.75. The van der Waals surface area contributed by atoms with Crippen LogP contribution in [0.5, 0.6) is 0 Å². The lowest BCUT2D eigenvalue weighted by Gasteiger charge is -2.36. The molecule has 1 fully saturated rings. The van der Waals surface area contributed by atoms with Crippen LogP contribution in [0, 0.1) is 5.82 Å². The largest absolute Gasteiger partial charge is 0.346 e. The molecule has 1 spiro atoms. The molecule has 0 bridgehead atoms. The van der Waals surface area contributed by atoms with Crippen molar-refractivity contribution >= 4 is 34.8 Å². The predicted octanol–water partition coefficient (Wildman–Crippen LogP) is 3.25. The highest BCUT2D eigenvalue weighted by molar-refractivity contribution is 7.09. The summed E-state index contributed by atoms with van der Waals surface area (Å²) in [6.45, 7) is 1.37. The Labute approximate surface area is 176 Å². The van der Waals surface area contributed by atoms with Gasteiger partial charge in [-0.1, -0.05) is 17.7 Å². The molecule has 0 radical (unpaired) electrons. The maximum atomic E-state index is 13.3. The average molecular weight is 436 g/mol. The van der Waals surface area contributed by atoms with Gasteiger partial charge in [0.05, 0.1) is 11.6 Å². The molecule has 0 aliphatic carbocycles. The van der Waals surface area contributed by atoms with Gasteiger partial charge in [0.25, 0.3) is 11.8 Å². The number of hydrogen-bond donors (Lipinski definition) is 2. The first kappa shape index (κ1) is 19.9. The molecule has 2 aromatic rings. The van der Waals surface area contributed by atoms with Gasteiger partial charge in [-0.3, -0.25) is 19.9 Å². The Kier molecular flexibility index (Phi) is 5.58. The monoisotopic (exact) mass is 435 g/mol. The highest BCUT2D eigenvalue weighted by Crippen LogP contribution is 2.32. The van der Waals surface area contributed by atoms with Crippen molar-refractivity contribution in [2.75, 3.05) is 13.1 Å². The van der Waals surface area contributed by atoms with E-state index in [9.17, 15) is 14.0 Å². The lowest BCUT2D eigenvalue weighted by atomic mass is 9.90. The Balaban J connectivity index is 1.35. The van der Waals surface area contributed by atoms with Crippen molar-refractivity contribution in [2.24, 2.45) is 0 Å². The van der Waals surface area contributed by atoms with E-state index in [-0.39, 0.29) is 16.8 Å². The van der Waals surface area contributed by atoms with Gasteiger partial charge in [-0.2, -0.15) is 0 Å². The van der Waals surface area contributed by atoms with E-state index in [4.69, 9.17) is 16.4 Å². The lowest BCUT2D eigenvalue weighted by molar-refractivity contribution is -0.120. The van der Waals surface area contributed by atoms with Crippen LogP contribution < -0.4 is 10.8 Å². The molecule has 1 saturated heterocycles. The third-order valence-electron chi connectivity index (χ3n) is 5.08. The molecule has 29 heavy (non-hydrogen) atoms.